The molecular weight excluding hydrogens is 259 g/mol. The Morgan fingerprint density at radius 2 is 1.89 bits per heavy atom. The van der Waals surface area contributed by atoms with E-state index in [1.165, 1.54) is 12.1 Å². The zero-order chi connectivity index (χ0) is 14.0. The van der Waals surface area contributed by atoms with Gasteiger partial charge in [0, 0.05) is 0 Å². The number of benzene rings is 1. The fourth-order valence-corrected chi connectivity index (χ4v) is 2.39. The summed E-state index contributed by atoms with van der Waals surface area (Å²) in [6, 6.07) is 3.57. The number of carbonyl (C=O) groups is 1. The lowest BCUT2D eigenvalue weighted by Crippen LogP contribution is -2.31. The highest BCUT2D eigenvalue weighted by Crippen LogP contribution is 2.32. The summed E-state index contributed by atoms with van der Waals surface area (Å²) in [6.07, 6.45) is -2.70. The molecule has 3 nitrogen and oxygen atoms in total. The van der Waals surface area contributed by atoms with Crippen molar-refractivity contribution in [2.24, 2.45) is 0 Å². The summed E-state index contributed by atoms with van der Waals surface area (Å²) in [6.45, 7) is 1.21. The van der Waals surface area contributed by atoms with Crippen molar-refractivity contribution >= 4 is 5.97 Å². The quantitative estimate of drug-likeness (QED) is 0.920. The molecule has 0 unspecified atom stereocenters. The number of likely N-dealkylation sites (tertiary alicyclic amines) is 1. The molecule has 0 amide bonds. The molecule has 1 aromatic carbocycles. The third kappa shape index (κ3) is 3.07. The lowest BCUT2D eigenvalue weighted by molar-refractivity contribution is -0.144. The fraction of sp³-hybridized carbons (Fsp3) is 0.462. The van der Waals surface area contributed by atoms with Crippen molar-refractivity contribution in [2.45, 2.75) is 25.1 Å². The molecule has 1 atom stereocenters. The second-order valence-electron chi connectivity index (χ2n) is 4.61. The summed E-state index contributed by atoms with van der Waals surface area (Å²) in [4.78, 5) is 13.0. The van der Waals surface area contributed by atoms with Gasteiger partial charge in [0.2, 0.25) is 0 Å². The van der Waals surface area contributed by atoms with E-state index in [1.807, 2.05) is 0 Å². The van der Waals surface area contributed by atoms with E-state index in [-0.39, 0.29) is 5.56 Å². The van der Waals surface area contributed by atoms with Crippen LogP contribution in [-0.4, -0.2) is 29.1 Å². The van der Waals surface area contributed by atoms with E-state index in [0.29, 0.717) is 13.1 Å². The van der Waals surface area contributed by atoms with E-state index >= 15 is 0 Å². The molecule has 0 radical (unpaired) electrons. The van der Waals surface area contributed by atoms with Crippen LogP contribution in [0, 0.1) is 0 Å². The number of hydrogen-bond acceptors (Lipinski definition) is 2. The average Bonchev–Trinajstić information content (AvgIpc) is 2.81. The molecule has 1 aliphatic rings. The monoisotopic (exact) mass is 273 g/mol. The molecule has 1 N–H and O–H groups in total. The van der Waals surface area contributed by atoms with Gasteiger partial charge in [-0.25, -0.2) is 0 Å². The molecule has 0 aromatic heterocycles. The van der Waals surface area contributed by atoms with Gasteiger partial charge in [-0.1, -0.05) is 12.1 Å². The van der Waals surface area contributed by atoms with Crippen molar-refractivity contribution in [2.75, 3.05) is 13.1 Å². The second-order valence-corrected chi connectivity index (χ2v) is 4.61. The predicted molar refractivity (Wildman–Crippen MR) is 62.6 cm³/mol. The fourth-order valence-electron chi connectivity index (χ4n) is 2.39. The molecule has 1 fully saturated rings. The van der Waals surface area contributed by atoms with Crippen LogP contribution in [-0.2, 0) is 11.0 Å². The van der Waals surface area contributed by atoms with Crippen LogP contribution < -0.4 is 0 Å². The van der Waals surface area contributed by atoms with Crippen molar-refractivity contribution in [1.29, 1.82) is 0 Å². The molecular formula is C13H14F3NO2. The van der Waals surface area contributed by atoms with Gasteiger partial charge in [-0.05, 0) is 43.6 Å². The van der Waals surface area contributed by atoms with Gasteiger partial charge in [0.25, 0.3) is 0 Å². The minimum absolute atomic E-state index is 0.184. The number of carboxylic acids is 1. The Balaban J connectivity index is 2.34. The largest absolute Gasteiger partial charge is 0.480 e. The van der Waals surface area contributed by atoms with Gasteiger partial charge < -0.3 is 5.11 Å². The Morgan fingerprint density at radius 1 is 1.26 bits per heavy atom. The van der Waals surface area contributed by atoms with Crippen molar-refractivity contribution in [1.82, 2.24) is 4.90 Å². The van der Waals surface area contributed by atoms with Gasteiger partial charge in [-0.3, -0.25) is 9.69 Å². The first-order valence-electron chi connectivity index (χ1n) is 6.03. The normalized spacial score (nSPS) is 18.5. The van der Waals surface area contributed by atoms with E-state index in [2.05, 4.69) is 0 Å². The topological polar surface area (TPSA) is 40.5 Å². The number of halogens is 3. The van der Waals surface area contributed by atoms with Crippen molar-refractivity contribution < 1.29 is 23.1 Å². The molecule has 0 aliphatic carbocycles. The summed E-state index contributed by atoms with van der Waals surface area (Å²) in [5.41, 5.74) is -0.625. The maximum Gasteiger partial charge on any atom is 0.416 e. The summed E-state index contributed by atoms with van der Waals surface area (Å²) in [5, 5.41) is 9.26. The summed E-state index contributed by atoms with van der Waals surface area (Å²) < 4.78 is 37.9. The van der Waals surface area contributed by atoms with Crippen LogP contribution >= 0.6 is 0 Å². The van der Waals surface area contributed by atoms with Gasteiger partial charge in [-0.15, -0.1) is 0 Å². The van der Waals surface area contributed by atoms with E-state index < -0.39 is 23.8 Å². The molecule has 1 aromatic rings. The third-order valence-corrected chi connectivity index (χ3v) is 3.27. The van der Waals surface area contributed by atoms with Crippen molar-refractivity contribution in [3.8, 4) is 0 Å². The molecule has 0 spiro atoms. The SMILES string of the molecule is O=C(O)[C@H](c1cccc(C(F)(F)F)c1)N1CCCC1. The smallest absolute Gasteiger partial charge is 0.416 e. The Bertz CT molecular complexity index is 467. The molecule has 19 heavy (non-hydrogen) atoms. The lowest BCUT2D eigenvalue weighted by atomic mass is 10.0. The number of aliphatic carboxylic acids is 1. The number of hydrogen-bond donors (Lipinski definition) is 1. The van der Waals surface area contributed by atoms with Crippen LogP contribution in [0.15, 0.2) is 24.3 Å². The molecule has 6 heteroatoms. The van der Waals surface area contributed by atoms with E-state index in [9.17, 15) is 23.1 Å². The Morgan fingerprint density at radius 3 is 2.42 bits per heavy atom. The first-order valence-corrected chi connectivity index (χ1v) is 6.03. The maximum atomic E-state index is 12.6. The van der Waals surface area contributed by atoms with Crippen LogP contribution in [0.3, 0.4) is 0 Å². The zero-order valence-electron chi connectivity index (χ0n) is 10.2. The Hall–Kier alpha value is -1.56. The summed E-state index contributed by atoms with van der Waals surface area (Å²) in [7, 11) is 0. The van der Waals surface area contributed by atoms with Gasteiger partial charge in [0.15, 0.2) is 0 Å². The zero-order valence-corrected chi connectivity index (χ0v) is 10.2. The van der Waals surface area contributed by atoms with Crippen LogP contribution in [0.5, 0.6) is 0 Å². The average molecular weight is 273 g/mol. The van der Waals surface area contributed by atoms with Crippen molar-refractivity contribution in [3.05, 3.63) is 35.4 Å². The molecule has 104 valence electrons. The number of alkyl halides is 3. The second kappa shape index (κ2) is 5.21. The minimum Gasteiger partial charge on any atom is -0.480 e. The van der Waals surface area contributed by atoms with E-state index in [0.717, 1.165) is 25.0 Å². The minimum atomic E-state index is -4.45. The van der Waals surface area contributed by atoms with E-state index in [1.54, 1.807) is 4.90 Å². The Labute approximate surface area is 108 Å². The van der Waals surface area contributed by atoms with Gasteiger partial charge in [-0.2, -0.15) is 13.2 Å². The predicted octanol–water partition coefficient (Wildman–Crippen LogP) is 2.93. The number of carboxylic acid groups (broad SMARTS) is 1. The molecule has 0 bridgehead atoms. The molecule has 1 saturated heterocycles. The third-order valence-electron chi connectivity index (χ3n) is 3.27. The highest BCUT2D eigenvalue weighted by Gasteiger charge is 2.34. The first kappa shape index (κ1) is 13.9. The Kier molecular flexibility index (Phi) is 3.80. The molecule has 2 rings (SSSR count). The summed E-state index contributed by atoms with van der Waals surface area (Å²) >= 11 is 0. The van der Waals surface area contributed by atoms with Crippen molar-refractivity contribution in [3.63, 3.8) is 0 Å². The van der Waals surface area contributed by atoms with Crippen LogP contribution in [0.4, 0.5) is 13.2 Å². The molecule has 0 saturated carbocycles. The summed E-state index contributed by atoms with van der Waals surface area (Å²) in [5.74, 6) is -1.11. The first-order chi connectivity index (χ1) is 8.89. The molecule has 1 heterocycles. The standard InChI is InChI=1S/C13H14F3NO2/c14-13(15,16)10-5-3-4-9(8-10)11(12(18)19)17-6-1-2-7-17/h3-5,8,11H,1-2,6-7H2,(H,18,19)/t11-/m0/s1. The van der Waals surface area contributed by atoms with Crippen LogP contribution in [0.25, 0.3) is 0 Å². The van der Waals surface area contributed by atoms with Crippen LogP contribution in [0.2, 0.25) is 0 Å². The van der Waals surface area contributed by atoms with Gasteiger partial charge >= 0.3 is 12.1 Å². The van der Waals surface area contributed by atoms with Gasteiger partial charge in [0.1, 0.15) is 6.04 Å². The highest BCUT2D eigenvalue weighted by atomic mass is 19.4. The maximum absolute atomic E-state index is 12.6. The van der Waals surface area contributed by atoms with E-state index in [4.69, 9.17) is 0 Å². The van der Waals surface area contributed by atoms with Gasteiger partial charge in [0.05, 0.1) is 5.56 Å². The highest BCUT2D eigenvalue weighted by molar-refractivity contribution is 5.75. The number of nitrogens with zero attached hydrogens (tertiary/aromatic N) is 1. The molecule has 1 aliphatic heterocycles. The number of rotatable bonds is 3. The lowest BCUT2D eigenvalue weighted by Gasteiger charge is -2.24. The van der Waals surface area contributed by atoms with Crippen LogP contribution in [0.1, 0.15) is 30.0 Å².